The normalized spacial score (nSPS) is 21.3. The van der Waals surface area contributed by atoms with E-state index in [0.717, 1.165) is 31.8 Å². The molecule has 0 amide bonds. The van der Waals surface area contributed by atoms with E-state index in [1.165, 1.54) is 11.3 Å². The number of nitrogens with two attached hydrogens (primary N) is 1. The number of nitrogens with one attached hydrogen (secondary N) is 2. The van der Waals surface area contributed by atoms with Crippen LogP contribution in [0.1, 0.15) is 25.8 Å². The smallest absolute Gasteiger partial charge is 0.0587 e. The molecule has 0 radical (unpaired) electrons. The lowest BCUT2D eigenvalue weighted by molar-refractivity contribution is 0.194. The molecule has 4 nitrogen and oxygen atoms in total. The van der Waals surface area contributed by atoms with Crippen LogP contribution in [0.5, 0.6) is 0 Å². The van der Waals surface area contributed by atoms with Crippen LogP contribution in [0.3, 0.4) is 0 Å². The van der Waals surface area contributed by atoms with Crippen LogP contribution in [0.4, 0.5) is 11.4 Å². The van der Waals surface area contributed by atoms with Gasteiger partial charge in [-0.2, -0.15) is 0 Å². The van der Waals surface area contributed by atoms with Crippen molar-refractivity contribution in [2.24, 2.45) is 0 Å². The summed E-state index contributed by atoms with van der Waals surface area (Å²) in [5, 5.41) is 7.06. The minimum atomic E-state index is 0.136. The number of methoxy groups -OCH3 is 1. The molecule has 1 aliphatic rings. The Balaban J connectivity index is 2.13. The Labute approximate surface area is 115 Å². The van der Waals surface area contributed by atoms with Gasteiger partial charge in [-0.15, -0.1) is 0 Å². The summed E-state index contributed by atoms with van der Waals surface area (Å²) in [6.45, 7) is 7.14. The van der Waals surface area contributed by atoms with Gasteiger partial charge in [-0.3, -0.25) is 0 Å². The van der Waals surface area contributed by atoms with Crippen LogP contribution >= 0.6 is 0 Å². The second kappa shape index (κ2) is 5.80. The molecule has 4 heteroatoms. The molecule has 0 spiro atoms. The monoisotopic (exact) mass is 263 g/mol. The van der Waals surface area contributed by atoms with Gasteiger partial charge in [-0.25, -0.2) is 0 Å². The van der Waals surface area contributed by atoms with Crippen molar-refractivity contribution in [2.45, 2.75) is 31.7 Å². The highest BCUT2D eigenvalue weighted by Crippen LogP contribution is 2.37. The second-order valence-corrected chi connectivity index (χ2v) is 5.92. The molecule has 1 atom stereocenters. The van der Waals surface area contributed by atoms with E-state index in [4.69, 9.17) is 10.5 Å². The summed E-state index contributed by atoms with van der Waals surface area (Å²) in [7, 11) is 1.73. The van der Waals surface area contributed by atoms with Gasteiger partial charge in [0.05, 0.1) is 6.61 Å². The van der Waals surface area contributed by atoms with Gasteiger partial charge in [0.2, 0.25) is 0 Å². The Morgan fingerprint density at radius 3 is 3.00 bits per heavy atom. The molecule has 0 fully saturated rings. The van der Waals surface area contributed by atoms with Gasteiger partial charge in [0.25, 0.3) is 0 Å². The Bertz CT molecular complexity index is 431. The van der Waals surface area contributed by atoms with E-state index in [2.05, 4.69) is 30.5 Å². The maximum atomic E-state index is 5.88. The van der Waals surface area contributed by atoms with Crippen molar-refractivity contribution >= 4 is 11.4 Å². The summed E-state index contributed by atoms with van der Waals surface area (Å²) in [6, 6.07) is 6.61. The van der Waals surface area contributed by atoms with Crippen molar-refractivity contribution in [1.82, 2.24) is 5.32 Å². The number of rotatable bonds is 4. The zero-order valence-electron chi connectivity index (χ0n) is 12.1. The van der Waals surface area contributed by atoms with E-state index < -0.39 is 0 Å². The van der Waals surface area contributed by atoms with E-state index in [-0.39, 0.29) is 5.41 Å². The van der Waals surface area contributed by atoms with Crippen LogP contribution in [-0.2, 0) is 10.2 Å². The van der Waals surface area contributed by atoms with Crippen molar-refractivity contribution in [1.29, 1.82) is 0 Å². The minimum absolute atomic E-state index is 0.136. The lowest BCUT2D eigenvalue weighted by atomic mass is 9.79. The first-order valence-electron chi connectivity index (χ1n) is 6.89. The van der Waals surface area contributed by atoms with Crippen LogP contribution < -0.4 is 16.4 Å². The lowest BCUT2D eigenvalue weighted by Gasteiger charge is -2.28. The number of hydrogen-bond donors (Lipinski definition) is 3. The van der Waals surface area contributed by atoms with Gasteiger partial charge in [0.15, 0.2) is 0 Å². The van der Waals surface area contributed by atoms with Crippen LogP contribution in [0.2, 0.25) is 0 Å². The van der Waals surface area contributed by atoms with E-state index in [0.29, 0.717) is 6.04 Å². The van der Waals surface area contributed by atoms with Gasteiger partial charge in [-0.05, 0) is 29.5 Å². The maximum Gasteiger partial charge on any atom is 0.0587 e. The van der Waals surface area contributed by atoms with Crippen molar-refractivity contribution in [2.75, 3.05) is 37.9 Å². The SMILES string of the molecule is COCCNC1CNc2cc(N)ccc2C(C)(C)C1. The third-order valence-corrected chi connectivity index (χ3v) is 3.81. The van der Waals surface area contributed by atoms with E-state index in [9.17, 15) is 0 Å². The molecular weight excluding hydrogens is 238 g/mol. The number of hydrogen-bond acceptors (Lipinski definition) is 4. The highest BCUT2D eigenvalue weighted by molar-refractivity contribution is 5.62. The van der Waals surface area contributed by atoms with Crippen LogP contribution in [0, 0.1) is 0 Å². The minimum Gasteiger partial charge on any atom is -0.399 e. The second-order valence-electron chi connectivity index (χ2n) is 5.92. The molecule has 0 aliphatic carbocycles. The molecular formula is C15H25N3O. The molecule has 1 heterocycles. The molecule has 0 bridgehead atoms. The fourth-order valence-electron chi connectivity index (χ4n) is 2.84. The topological polar surface area (TPSA) is 59.3 Å². The summed E-state index contributed by atoms with van der Waals surface area (Å²) >= 11 is 0. The highest BCUT2D eigenvalue weighted by atomic mass is 16.5. The summed E-state index contributed by atoms with van der Waals surface area (Å²) in [5.74, 6) is 0. The Morgan fingerprint density at radius 2 is 2.26 bits per heavy atom. The van der Waals surface area contributed by atoms with Crippen LogP contribution in [0.15, 0.2) is 18.2 Å². The molecule has 2 rings (SSSR count). The van der Waals surface area contributed by atoms with Gasteiger partial charge in [-0.1, -0.05) is 19.9 Å². The largest absolute Gasteiger partial charge is 0.399 e. The number of fused-ring (bicyclic) bond motifs is 1. The Morgan fingerprint density at radius 1 is 1.47 bits per heavy atom. The van der Waals surface area contributed by atoms with E-state index in [1.54, 1.807) is 7.11 Å². The first kappa shape index (κ1) is 14.2. The summed E-state index contributed by atoms with van der Waals surface area (Å²) in [4.78, 5) is 0. The first-order chi connectivity index (χ1) is 9.03. The lowest BCUT2D eigenvalue weighted by Crippen LogP contribution is -2.39. The molecule has 1 aromatic carbocycles. The fraction of sp³-hybridized carbons (Fsp3) is 0.600. The first-order valence-corrected chi connectivity index (χ1v) is 6.89. The van der Waals surface area contributed by atoms with Gasteiger partial charge in [0, 0.05) is 37.6 Å². The van der Waals surface area contributed by atoms with Gasteiger partial charge < -0.3 is 21.1 Å². The number of benzene rings is 1. The number of ether oxygens (including phenoxy) is 1. The van der Waals surface area contributed by atoms with Crippen molar-refractivity contribution in [3.63, 3.8) is 0 Å². The number of nitrogen functional groups attached to an aromatic ring is 1. The molecule has 1 aliphatic heterocycles. The van der Waals surface area contributed by atoms with Gasteiger partial charge in [0.1, 0.15) is 0 Å². The molecule has 0 aromatic heterocycles. The highest BCUT2D eigenvalue weighted by Gasteiger charge is 2.30. The molecule has 106 valence electrons. The molecule has 0 saturated carbocycles. The summed E-state index contributed by atoms with van der Waals surface area (Å²) in [5.41, 5.74) is 9.34. The van der Waals surface area contributed by atoms with Gasteiger partial charge >= 0.3 is 0 Å². The Hall–Kier alpha value is -1.26. The average molecular weight is 263 g/mol. The predicted octanol–water partition coefficient (Wildman–Crippen LogP) is 1.97. The molecule has 19 heavy (non-hydrogen) atoms. The Kier molecular flexibility index (Phi) is 4.32. The van der Waals surface area contributed by atoms with E-state index in [1.807, 2.05) is 12.1 Å². The molecule has 4 N–H and O–H groups in total. The average Bonchev–Trinajstić information content (AvgIpc) is 2.46. The maximum absolute atomic E-state index is 5.88. The third-order valence-electron chi connectivity index (χ3n) is 3.81. The molecule has 0 saturated heterocycles. The van der Waals surface area contributed by atoms with Crippen molar-refractivity contribution < 1.29 is 4.74 Å². The van der Waals surface area contributed by atoms with Crippen molar-refractivity contribution in [3.05, 3.63) is 23.8 Å². The third kappa shape index (κ3) is 3.39. The fourth-order valence-corrected chi connectivity index (χ4v) is 2.84. The summed E-state index contributed by atoms with van der Waals surface area (Å²) < 4.78 is 5.09. The predicted molar refractivity (Wildman–Crippen MR) is 80.7 cm³/mol. The van der Waals surface area contributed by atoms with E-state index >= 15 is 0 Å². The summed E-state index contributed by atoms with van der Waals surface area (Å²) in [6.07, 6.45) is 1.10. The van der Waals surface area contributed by atoms with Crippen LogP contribution in [0.25, 0.3) is 0 Å². The molecule has 1 aromatic rings. The number of anilines is 2. The zero-order chi connectivity index (χ0) is 13.9. The van der Waals surface area contributed by atoms with Crippen molar-refractivity contribution in [3.8, 4) is 0 Å². The van der Waals surface area contributed by atoms with Crippen LogP contribution in [-0.4, -0.2) is 32.8 Å². The zero-order valence-corrected chi connectivity index (χ0v) is 12.1. The standard InChI is InChI=1S/C15H25N3O/c1-15(2)9-12(17-6-7-19-3)10-18-14-8-11(16)4-5-13(14)15/h4-5,8,12,17-18H,6-7,9-10,16H2,1-3H3. The quantitative estimate of drug-likeness (QED) is 0.574. The molecule has 1 unspecified atom stereocenters.